The molecule has 5 N–H and O–H groups in total. The fraction of sp³-hybridized carbons (Fsp3) is 0.364. The van der Waals surface area contributed by atoms with Gasteiger partial charge >= 0.3 is 11.7 Å². The van der Waals surface area contributed by atoms with E-state index in [9.17, 15) is 29.1 Å². The summed E-state index contributed by atoms with van der Waals surface area (Å²) in [4.78, 5) is 63.3. The van der Waals surface area contributed by atoms with Gasteiger partial charge in [-0.3, -0.25) is 37.9 Å². The molecule has 3 saturated heterocycles. The van der Waals surface area contributed by atoms with Crippen molar-refractivity contribution in [2.75, 3.05) is 40.7 Å². The largest absolute Gasteiger partial charge is 0.506 e. The molecule has 0 saturated carbocycles. The first kappa shape index (κ1) is 33.2. The van der Waals surface area contributed by atoms with Crippen molar-refractivity contribution < 1.29 is 33.1 Å². The van der Waals surface area contributed by atoms with Crippen LogP contribution in [-0.2, 0) is 21.4 Å². The number of urea groups is 1. The Balaban J connectivity index is 0.932. The number of amides is 5. The standard InChI is InChI=1S/C33H34F2N8O6S/c1-40-24-15-23(21(34)14-25(24)43(33(40)49)22-4-5-27(45)38-31(22)47)41-10-7-17(8-11-41)6-9-36-32(48)37-19-2-3-20-18(12-19)13-26(44)30(29(20)35)42-16-28(46)39-50-42/h2-3,12-15,17,22,44H,4-11,16H2,1H3,(H,39,46)(H2,36,37,48)(H,38,45,47). The Hall–Kier alpha value is -5.32. The third-order valence-corrected chi connectivity index (χ3v) is 10.4. The number of rotatable bonds is 7. The van der Waals surface area contributed by atoms with E-state index in [1.807, 2.05) is 4.90 Å². The number of phenols is 1. The lowest BCUT2D eigenvalue weighted by atomic mass is 9.93. The van der Waals surface area contributed by atoms with E-state index in [1.165, 1.54) is 31.6 Å². The molecule has 3 aliphatic rings. The predicted octanol–water partition coefficient (Wildman–Crippen LogP) is 3.38. The highest BCUT2D eigenvalue weighted by molar-refractivity contribution is 7.99. The average molecular weight is 709 g/mol. The number of hydrogen-bond acceptors (Lipinski definition) is 9. The van der Waals surface area contributed by atoms with E-state index in [-0.39, 0.29) is 48.0 Å². The van der Waals surface area contributed by atoms with Crippen molar-refractivity contribution >= 4 is 74.8 Å². The minimum Gasteiger partial charge on any atom is -0.506 e. The summed E-state index contributed by atoms with van der Waals surface area (Å²) >= 11 is 0.898. The molecule has 50 heavy (non-hydrogen) atoms. The second kappa shape index (κ2) is 13.2. The zero-order valence-corrected chi connectivity index (χ0v) is 27.7. The van der Waals surface area contributed by atoms with Gasteiger partial charge in [0.1, 0.15) is 29.8 Å². The van der Waals surface area contributed by atoms with Crippen molar-refractivity contribution in [3.05, 3.63) is 58.5 Å². The second-order valence-electron chi connectivity index (χ2n) is 12.7. The van der Waals surface area contributed by atoms with Crippen molar-refractivity contribution in [2.45, 2.75) is 38.1 Å². The molecule has 14 nitrogen and oxygen atoms in total. The number of nitrogens with one attached hydrogen (secondary N) is 4. The molecular weight excluding hydrogens is 674 g/mol. The first-order chi connectivity index (χ1) is 24.0. The molecule has 0 radical (unpaired) electrons. The topological polar surface area (TPSA) is 170 Å². The second-order valence-corrected chi connectivity index (χ2v) is 13.5. The van der Waals surface area contributed by atoms with Crippen molar-refractivity contribution in [2.24, 2.45) is 13.0 Å². The van der Waals surface area contributed by atoms with Crippen LogP contribution in [0.15, 0.2) is 41.2 Å². The third-order valence-electron chi connectivity index (χ3n) is 9.57. The van der Waals surface area contributed by atoms with E-state index in [0.29, 0.717) is 53.8 Å². The van der Waals surface area contributed by atoms with E-state index < -0.39 is 41.2 Å². The summed E-state index contributed by atoms with van der Waals surface area (Å²) in [6.07, 6.45) is 2.49. The SMILES string of the molecule is Cn1c(=O)n(C2CCC(=O)NC2=O)c2cc(F)c(N3CCC(CCNC(=O)Nc4ccc5c(F)c(N6CC(=O)NS6)c(O)cc5c4)CC3)cc21. The number of imide groups is 1. The zero-order valence-electron chi connectivity index (χ0n) is 26.9. The van der Waals surface area contributed by atoms with Gasteiger partial charge in [-0.2, -0.15) is 0 Å². The molecule has 3 aromatic carbocycles. The Labute approximate surface area is 288 Å². The molecule has 1 aromatic heterocycles. The third kappa shape index (κ3) is 6.16. The summed E-state index contributed by atoms with van der Waals surface area (Å²) in [5, 5.41) is 18.9. The summed E-state index contributed by atoms with van der Waals surface area (Å²) in [5.74, 6) is -2.50. The molecule has 3 aliphatic heterocycles. The number of anilines is 3. The minimum absolute atomic E-state index is 0.0926. The van der Waals surface area contributed by atoms with Gasteiger partial charge in [0, 0.05) is 50.2 Å². The smallest absolute Gasteiger partial charge is 0.329 e. The van der Waals surface area contributed by atoms with Crippen LogP contribution in [0.25, 0.3) is 21.8 Å². The fourth-order valence-electron chi connectivity index (χ4n) is 6.95. The Bertz CT molecular complexity index is 2130. The molecule has 3 fully saturated rings. The van der Waals surface area contributed by atoms with E-state index >= 15 is 8.78 Å². The van der Waals surface area contributed by atoms with Crippen LogP contribution in [0.2, 0.25) is 0 Å². The van der Waals surface area contributed by atoms with Crippen LogP contribution >= 0.6 is 12.1 Å². The molecule has 17 heteroatoms. The molecule has 0 spiro atoms. The van der Waals surface area contributed by atoms with Crippen LogP contribution in [-0.4, -0.2) is 64.2 Å². The van der Waals surface area contributed by atoms with Gasteiger partial charge in [-0.05, 0) is 67.3 Å². The molecule has 0 aliphatic carbocycles. The van der Waals surface area contributed by atoms with E-state index in [4.69, 9.17) is 0 Å². The normalized spacial score (nSPS) is 18.5. The number of nitrogens with zero attached hydrogens (tertiary/aromatic N) is 4. The first-order valence-corrected chi connectivity index (χ1v) is 17.0. The molecule has 262 valence electrons. The summed E-state index contributed by atoms with van der Waals surface area (Å²) in [6.45, 7) is 1.46. The van der Waals surface area contributed by atoms with Gasteiger partial charge in [-0.15, -0.1) is 0 Å². The minimum atomic E-state index is -0.896. The van der Waals surface area contributed by atoms with Crippen molar-refractivity contribution in [1.82, 2.24) is 24.5 Å². The van der Waals surface area contributed by atoms with Crippen LogP contribution in [0.5, 0.6) is 5.75 Å². The number of imidazole rings is 1. The van der Waals surface area contributed by atoms with Gasteiger partial charge in [-0.25, -0.2) is 18.4 Å². The highest BCUT2D eigenvalue weighted by atomic mass is 32.2. The summed E-state index contributed by atoms with van der Waals surface area (Å²) in [7, 11) is 1.57. The molecular formula is C33H34F2N8O6S. The summed E-state index contributed by atoms with van der Waals surface area (Å²) < 4.78 is 37.3. The Morgan fingerprint density at radius 1 is 1.02 bits per heavy atom. The van der Waals surface area contributed by atoms with E-state index in [2.05, 4.69) is 20.7 Å². The monoisotopic (exact) mass is 708 g/mol. The molecule has 1 atom stereocenters. The van der Waals surface area contributed by atoms with Crippen LogP contribution in [0.4, 0.5) is 30.6 Å². The van der Waals surface area contributed by atoms with Gasteiger partial charge in [0.15, 0.2) is 5.82 Å². The average Bonchev–Trinajstić information content (AvgIpc) is 3.60. The Morgan fingerprint density at radius 3 is 2.52 bits per heavy atom. The number of halogens is 2. The number of carbonyl (C=O) groups excluding carboxylic acids is 4. The molecule has 7 rings (SSSR count). The molecule has 0 bridgehead atoms. The number of aromatic nitrogens is 2. The maximum Gasteiger partial charge on any atom is 0.329 e. The highest BCUT2D eigenvalue weighted by Gasteiger charge is 2.32. The lowest BCUT2D eigenvalue weighted by Crippen LogP contribution is -2.44. The zero-order chi connectivity index (χ0) is 35.3. The summed E-state index contributed by atoms with van der Waals surface area (Å²) in [5.41, 5.74) is 1.01. The summed E-state index contributed by atoms with van der Waals surface area (Å²) in [6, 6.07) is 7.57. The van der Waals surface area contributed by atoms with Crippen LogP contribution in [0.3, 0.4) is 0 Å². The maximum absolute atomic E-state index is 15.5. The van der Waals surface area contributed by atoms with Crippen molar-refractivity contribution in [1.29, 1.82) is 0 Å². The Morgan fingerprint density at radius 2 is 1.80 bits per heavy atom. The van der Waals surface area contributed by atoms with Gasteiger partial charge in [-0.1, -0.05) is 0 Å². The number of hydrogen-bond donors (Lipinski definition) is 5. The number of aromatic hydroxyl groups is 1. The Kier molecular flexibility index (Phi) is 8.75. The molecule has 1 unspecified atom stereocenters. The number of carbonyl (C=O) groups is 4. The van der Waals surface area contributed by atoms with Crippen molar-refractivity contribution in [3.63, 3.8) is 0 Å². The lowest BCUT2D eigenvalue weighted by Gasteiger charge is -2.34. The van der Waals surface area contributed by atoms with Crippen LogP contribution in [0.1, 0.15) is 38.1 Å². The van der Waals surface area contributed by atoms with Gasteiger partial charge < -0.3 is 20.6 Å². The van der Waals surface area contributed by atoms with Crippen molar-refractivity contribution in [3.8, 4) is 5.75 Å². The van der Waals surface area contributed by atoms with Gasteiger partial charge in [0.25, 0.3) is 5.91 Å². The van der Waals surface area contributed by atoms with Gasteiger partial charge in [0.05, 0.1) is 28.9 Å². The highest BCUT2D eigenvalue weighted by Crippen LogP contribution is 2.40. The van der Waals surface area contributed by atoms with Crippen LogP contribution < -0.4 is 35.6 Å². The fourth-order valence-corrected chi connectivity index (χ4v) is 7.67. The van der Waals surface area contributed by atoms with E-state index in [1.54, 1.807) is 25.2 Å². The number of aryl methyl sites for hydroxylation is 1. The maximum atomic E-state index is 15.5. The molecule has 5 amide bonds. The quantitative estimate of drug-likeness (QED) is 0.143. The molecule has 4 heterocycles. The lowest BCUT2D eigenvalue weighted by molar-refractivity contribution is -0.135. The van der Waals surface area contributed by atoms with Crippen LogP contribution in [0, 0.1) is 17.6 Å². The number of benzene rings is 3. The molecule has 4 aromatic rings. The number of piperidine rings is 2. The number of fused-ring (bicyclic) bond motifs is 2. The van der Waals surface area contributed by atoms with Gasteiger partial charge in [0.2, 0.25) is 11.8 Å². The van der Waals surface area contributed by atoms with E-state index in [0.717, 1.165) is 25.0 Å². The predicted molar refractivity (Wildman–Crippen MR) is 184 cm³/mol. The number of phenolic OH excluding ortho intramolecular Hbond substituents is 1. The first-order valence-electron chi connectivity index (χ1n) is 16.2.